The Morgan fingerprint density at radius 1 is 1.06 bits per heavy atom. The van der Waals surface area contributed by atoms with Crippen molar-refractivity contribution in [3.05, 3.63) is 58.9 Å². The van der Waals surface area contributed by atoms with Crippen molar-refractivity contribution in [1.82, 2.24) is 0 Å². The van der Waals surface area contributed by atoms with Gasteiger partial charge in [0.2, 0.25) is 0 Å². The van der Waals surface area contributed by atoms with E-state index in [4.69, 9.17) is 10.5 Å². The van der Waals surface area contributed by atoms with Crippen molar-refractivity contribution in [2.24, 2.45) is 5.73 Å². The molecule has 0 aromatic heterocycles. The van der Waals surface area contributed by atoms with Crippen LogP contribution in [0.4, 0.5) is 4.39 Å². The van der Waals surface area contributed by atoms with Gasteiger partial charge in [-0.25, -0.2) is 4.39 Å². The summed E-state index contributed by atoms with van der Waals surface area (Å²) in [5, 5.41) is 0. The molecule has 2 aromatic carbocycles. The first kappa shape index (κ1) is 11.4. The first-order chi connectivity index (χ1) is 8.78. The second kappa shape index (κ2) is 4.52. The molecule has 2 N–H and O–H groups in total. The molecule has 0 saturated carbocycles. The fourth-order valence-electron chi connectivity index (χ4n) is 2.35. The highest BCUT2D eigenvalue weighted by Crippen LogP contribution is 2.29. The van der Waals surface area contributed by atoms with Crippen LogP contribution in [-0.2, 0) is 24.5 Å². The summed E-state index contributed by atoms with van der Waals surface area (Å²) in [5.41, 5.74) is 11.0. The molecular formula is C15H14FNO. The smallest absolute Gasteiger partial charge is 0.123 e. The molecule has 1 heterocycles. The number of hydrogen-bond acceptors (Lipinski definition) is 2. The summed E-state index contributed by atoms with van der Waals surface area (Å²) < 4.78 is 18.6. The Morgan fingerprint density at radius 2 is 1.89 bits per heavy atom. The minimum atomic E-state index is -0.247. The summed E-state index contributed by atoms with van der Waals surface area (Å²) >= 11 is 0. The van der Waals surface area contributed by atoms with Gasteiger partial charge in [0.05, 0.1) is 13.2 Å². The van der Waals surface area contributed by atoms with Crippen molar-refractivity contribution in [2.75, 3.05) is 0 Å². The van der Waals surface area contributed by atoms with Crippen molar-refractivity contribution >= 4 is 0 Å². The van der Waals surface area contributed by atoms with Crippen molar-refractivity contribution in [1.29, 1.82) is 0 Å². The molecule has 0 spiro atoms. The van der Waals surface area contributed by atoms with Crippen LogP contribution in [0.25, 0.3) is 11.1 Å². The van der Waals surface area contributed by atoms with Crippen LogP contribution < -0.4 is 5.73 Å². The second-order valence-electron chi connectivity index (χ2n) is 4.48. The highest BCUT2D eigenvalue weighted by atomic mass is 19.1. The lowest BCUT2D eigenvalue weighted by atomic mass is 9.96. The molecule has 92 valence electrons. The summed E-state index contributed by atoms with van der Waals surface area (Å²) in [5.74, 6) is -0.247. The number of rotatable bonds is 2. The van der Waals surface area contributed by atoms with Gasteiger partial charge < -0.3 is 10.5 Å². The molecule has 0 atom stereocenters. The van der Waals surface area contributed by atoms with Gasteiger partial charge >= 0.3 is 0 Å². The molecule has 3 rings (SSSR count). The summed E-state index contributed by atoms with van der Waals surface area (Å²) in [7, 11) is 0. The highest BCUT2D eigenvalue weighted by molar-refractivity contribution is 5.68. The van der Waals surface area contributed by atoms with E-state index in [9.17, 15) is 4.39 Å². The summed E-state index contributed by atoms with van der Waals surface area (Å²) in [6.45, 7) is 1.67. The van der Waals surface area contributed by atoms with Crippen molar-refractivity contribution in [2.45, 2.75) is 19.8 Å². The second-order valence-corrected chi connectivity index (χ2v) is 4.48. The molecule has 0 amide bonds. The van der Waals surface area contributed by atoms with Gasteiger partial charge in [-0.05, 0) is 46.0 Å². The molecule has 0 unspecified atom stereocenters. The van der Waals surface area contributed by atoms with Gasteiger partial charge in [-0.2, -0.15) is 0 Å². The van der Waals surface area contributed by atoms with E-state index in [1.54, 1.807) is 6.07 Å². The van der Waals surface area contributed by atoms with Crippen LogP contribution in [0.1, 0.15) is 16.7 Å². The molecule has 1 aliphatic rings. The number of benzene rings is 2. The fraction of sp³-hybridized carbons (Fsp3) is 0.200. The van der Waals surface area contributed by atoms with Crippen LogP contribution in [0, 0.1) is 5.82 Å². The largest absolute Gasteiger partial charge is 0.372 e. The van der Waals surface area contributed by atoms with Gasteiger partial charge in [0.1, 0.15) is 5.82 Å². The Morgan fingerprint density at radius 3 is 2.72 bits per heavy atom. The zero-order chi connectivity index (χ0) is 12.5. The van der Waals surface area contributed by atoms with E-state index in [2.05, 4.69) is 12.1 Å². The minimum Gasteiger partial charge on any atom is -0.372 e. The van der Waals surface area contributed by atoms with Gasteiger partial charge in [0, 0.05) is 6.54 Å². The molecule has 0 fully saturated rings. The average molecular weight is 243 g/mol. The quantitative estimate of drug-likeness (QED) is 0.880. The molecule has 2 nitrogen and oxygen atoms in total. The zero-order valence-electron chi connectivity index (χ0n) is 9.95. The van der Waals surface area contributed by atoms with E-state index < -0.39 is 0 Å². The Hall–Kier alpha value is -1.71. The molecule has 0 bridgehead atoms. The number of fused-ring (bicyclic) bond motifs is 1. The summed E-state index contributed by atoms with van der Waals surface area (Å²) in [4.78, 5) is 0. The third-order valence-corrected chi connectivity index (χ3v) is 3.32. The number of nitrogens with two attached hydrogens (primary N) is 1. The van der Waals surface area contributed by atoms with E-state index in [-0.39, 0.29) is 5.82 Å². The molecule has 18 heavy (non-hydrogen) atoms. The minimum absolute atomic E-state index is 0.247. The lowest BCUT2D eigenvalue weighted by Crippen LogP contribution is -2.00. The van der Waals surface area contributed by atoms with Gasteiger partial charge in [0.15, 0.2) is 0 Å². The van der Waals surface area contributed by atoms with Crippen LogP contribution in [-0.4, -0.2) is 0 Å². The fourth-order valence-corrected chi connectivity index (χ4v) is 2.35. The Kier molecular flexibility index (Phi) is 2.86. The van der Waals surface area contributed by atoms with Crippen LogP contribution in [0.3, 0.4) is 0 Å². The maximum absolute atomic E-state index is 13.2. The van der Waals surface area contributed by atoms with E-state index >= 15 is 0 Å². The molecular weight excluding hydrogens is 229 g/mol. The SMILES string of the molecule is NCc1cc(F)ccc1-c1ccc2c(c1)COC2. The van der Waals surface area contributed by atoms with E-state index in [0.717, 1.165) is 16.7 Å². The van der Waals surface area contributed by atoms with E-state index in [1.807, 2.05) is 6.07 Å². The molecule has 2 aromatic rings. The molecule has 0 saturated heterocycles. The van der Waals surface area contributed by atoms with Crippen LogP contribution in [0.5, 0.6) is 0 Å². The van der Waals surface area contributed by atoms with Gasteiger partial charge in [0.25, 0.3) is 0 Å². The first-order valence-corrected chi connectivity index (χ1v) is 5.96. The third-order valence-electron chi connectivity index (χ3n) is 3.32. The van der Waals surface area contributed by atoms with E-state index in [1.165, 1.54) is 23.3 Å². The predicted molar refractivity (Wildman–Crippen MR) is 68.2 cm³/mol. The molecule has 3 heteroatoms. The monoisotopic (exact) mass is 243 g/mol. The van der Waals surface area contributed by atoms with Gasteiger partial charge in [-0.3, -0.25) is 0 Å². The molecule has 0 radical (unpaired) electrons. The van der Waals surface area contributed by atoms with Crippen molar-refractivity contribution in [3.63, 3.8) is 0 Å². The normalized spacial score (nSPS) is 13.7. The van der Waals surface area contributed by atoms with E-state index in [0.29, 0.717) is 19.8 Å². The number of hydrogen-bond donors (Lipinski definition) is 1. The van der Waals surface area contributed by atoms with Crippen LogP contribution >= 0.6 is 0 Å². The molecule has 1 aliphatic heterocycles. The lowest BCUT2D eigenvalue weighted by Gasteiger charge is -2.09. The topological polar surface area (TPSA) is 35.2 Å². The maximum atomic E-state index is 13.2. The first-order valence-electron chi connectivity index (χ1n) is 5.96. The van der Waals surface area contributed by atoms with Crippen molar-refractivity contribution in [3.8, 4) is 11.1 Å². The van der Waals surface area contributed by atoms with Gasteiger partial charge in [-0.15, -0.1) is 0 Å². The average Bonchev–Trinajstić information content (AvgIpc) is 2.85. The third kappa shape index (κ3) is 1.92. The standard InChI is InChI=1S/C15H14FNO/c16-14-3-4-15(12(6-14)7-17)10-1-2-11-8-18-9-13(11)5-10/h1-6H,7-9,17H2. The summed E-state index contributed by atoms with van der Waals surface area (Å²) in [6.07, 6.45) is 0. The lowest BCUT2D eigenvalue weighted by molar-refractivity contribution is 0.134. The predicted octanol–water partition coefficient (Wildman–Crippen LogP) is 2.98. The Labute approximate surface area is 105 Å². The number of halogens is 1. The summed E-state index contributed by atoms with van der Waals surface area (Å²) in [6, 6.07) is 11.0. The zero-order valence-corrected chi connectivity index (χ0v) is 9.95. The number of ether oxygens (including phenoxy) is 1. The Bertz CT molecular complexity index is 595. The van der Waals surface area contributed by atoms with Crippen molar-refractivity contribution < 1.29 is 9.13 Å². The highest BCUT2D eigenvalue weighted by Gasteiger charge is 2.13. The van der Waals surface area contributed by atoms with Crippen LogP contribution in [0.2, 0.25) is 0 Å². The van der Waals surface area contributed by atoms with Crippen LogP contribution in [0.15, 0.2) is 36.4 Å². The van der Waals surface area contributed by atoms with Gasteiger partial charge in [-0.1, -0.05) is 18.2 Å². The maximum Gasteiger partial charge on any atom is 0.123 e. The molecule has 0 aliphatic carbocycles. The Balaban J connectivity index is 2.09.